The van der Waals surface area contributed by atoms with Gasteiger partial charge in [-0.05, 0) is 47.4 Å². The second kappa shape index (κ2) is 8.57. The molecule has 10 heteroatoms. The maximum atomic E-state index is 14.1. The van der Waals surface area contributed by atoms with Crippen LogP contribution < -0.4 is 10.5 Å². The van der Waals surface area contributed by atoms with Crippen molar-refractivity contribution >= 4 is 16.8 Å². The number of nitrogens with zero attached hydrogens (tertiary/aromatic N) is 4. The Morgan fingerprint density at radius 1 is 1.14 bits per heavy atom. The molecular formula is C27H17F2N5O3. The van der Waals surface area contributed by atoms with Crippen molar-refractivity contribution in [2.45, 2.75) is 20.0 Å². The summed E-state index contributed by atoms with van der Waals surface area (Å²) >= 11 is 0. The van der Waals surface area contributed by atoms with Crippen molar-refractivity contribution in [1.29, 1.82) is 5.26 Å². The average Bonchev–Trinajstić information content (AvgIpc) is 3.42. The van der Waals surface area contributed by atoms with E-state index in [9.17, 15) is 18.8 Å². The number of ether oxygens (including phenoxy) is 1. The number of aromatic amines is 1. The van der Waals surface area contributed by atoms with Crippen molar-refractivity contribution in [3.05, 3.63) is 116 Å². The summed E-state index contributed by atoms with van der Waals surface area (Å²) in [7, 11) is 0. The SMILES string of the molecule is C/C(=C1\c2ccc(Cc3c(C#N)nc4cc(F)ccn34)cc2COc2cc(F)ccc21)c1noc(=O)[nH]1. The lowest BCUT2D eigenvalue weighted by molar-refractivity contribution is 0.305. The van der Waals surface area contributed by atoms with Crippen LogP contribution in [0.5, 0.6) is 5.75 Å². The topological polar surface area (TPSA) is 109 Å². The normalized spacial score (nSPS) is 13.9. The first-order valence-corrected chi connectivity index (χ1v) is 11.3. The zero-order chi connectivity index (χ0) is 25.7. The number of nitriles is 1. The molecule has 0 spiro atoms. The summed E-state index contributed by atoms with van der Waals surface area (Å²) in [4.78, 5) is 18.4. The van der Waals surface area contributed by atoms with Gasteiger partial charge in [-0.2, -0.15) is 5.26 Å². The first-order valence-electron chi connectivity index (χ1n) is 11.3. The first kappa shape index (κ1) is 22.4. The largest absolute Gasteiger partial charge is 0.488 e. The number of nitrogens with one attached hydrogen (secondary N) is 1. The lowest BCUT2D eigenvalue weighted by Gasteiger charge is -2.14. The number of halogens is 2. The third kappa shape index (κ3) is 3.87. The number of hydrogen-bond donors (Lipinski definition) is 1. The number of rotatable bonds is 3. The quantitative estimate of drug-likeness (QED) is 0.390. The van der Waals surface area contributed by atoms with Crippen molar-refractivity contribution in [2.24, 2.45) is 0 Å². The third-order valence-corrected chi connectivity index (χ3v) is 6.37. The van der Waals surface area contributed by atoms with Gasteiger partial charge in [-0.1, -0.05) is 23.4 Å². The molecule has 0 saturated carbocycles. The Bertz CT molecular complexity index is 1840. The fourth-order valence-electron chi connectivity index (χ4n) is 4.68. The van der Waals surface area contributed by atoms with Gasteiger partial charge < -0.3 is 9.14 Å². The smallest absolute Gasteiger partial charge is 0.439 e. The van der Waals surface area contributed by atoms with Gasteiger partial charge >= 0.3 is 5.76 Å². The van der Waals surface area contributed by atoms with E-state index in [1.54, 1.807) is 23.6 Å². The van der Waals surface area contributed by atoms with E-state index in [1.807, 2.05) is 18.2 Å². The highest BCUT2D eigenvalue weighted by Crippen LogP contribution is 2.41. The predicted octanol–water partition coefficient (Wildman–Crippen LogP) is 4.62. The minimum Gasteiger partial charge on any atom is -0.488 e. The van der Waals surface area contributed by atoms with Gasteiger partial charge in [0.15, 0.2) is 11.5 Å². The molecule has 6 rings (SSSR count). The Kier molecular flexibility index (Phi) is 5.19. The zero-order valence-corrected chi connectivity index (χ0v) is 19.4. The highest BCUT2D eigenvalue weighted by Gasteiger charge is 2.24. The van der Waals surface area contributed by atoms with Crippen molar-refractivity contribution in [1.82, 2.24) is 19.5 Å². The van der Waals surface area contributed by atoms with Crippen LogP contribution in [0, 0.1) is 23.0 Å². The van der Waals surface area contributed by atoms with Gasteiger partial charge in [-0.3, -0.25) is 9.51 Å². The minimum absolute atomic E-state index is 0.162. The molecule has 1 N–H and O–H groups in total. The van der Waals surface area contributed by atoms with Crippen molar-refractivity contribution in [2.75, 3.05) is 0 Å². The maximum absolute atomic E-state index is 14.1. The number of imidazole rings is 1. The number of pyridine rings is 1. The van der Waals surface area contributed by atoms with Crippen LogP contribution in [0.15, 0.2) is 64.0 Å². The minimum atomic E-state index is -0.684. The van der Waals surface area contributed by atoms with E-state index < -0.39 is 17.4 Å². The van der Waals surface area contributed by atoms with Gasteiger partial charge in [0.2, 0.25) is 0 Å². The van der Waals surface area contributed by atoms with Crippen LogP contribution in [0.3, 0.4) is 0 Å². The highest BCUT2D eigenvalue weighted by atomic mass is 19.1. The third-order valence-electron chi connectivity index (χ3n) is 6.37. The molecule has 0 amide bonds. The predicted molar refractivity (Wildman–Crippen MR) is 129 cm³/mol. The van der Waals surface area contributed by atoms with E-state index in [0.717, 1.165) is 16.7 Å². The fourth-order valence-corrected chi connectivity index (χ4v) is 4.68. The summed E-state index contributed by atoms with van der Waals surface area (Å²) in [5.74, 6) is -0.950. The van der Waals surface area contributed by atoms with Crippen molar-refractivity contribution < 1.29 is 18.0 Å². The summed E-state index contributed by atoms with van der Waals surface area (Å²) in [5, 5.41) is 13.4. The molecule has 2 aromatic carbocycles. The summed E-state index contributed by atoms with van der Waals surface area (Å²) in [6, 6.07) is 14.7. The van der Waals surface area contributed by atoms with Crippen LogP contribution in [-0.4, -0.2) is 19.5 Å². The number of benzene rings is 2. The number of hydrogen-bond acceptors (Lipinski definition) is 6. The molecule has 0 radical (unpaired) electrons. The van der Waals surface area contributed by atoms with Crippen LogP contribution in [0.25, 0.3) is 16.8 Å². The molecule has 1 aliphatic heterocycles. The van der Waals surface area contributed by atoms with Crippen LogP contribution >= 0.6 is 0 Å². The molecule has 1 aliphatic rings. The Morgan fingerprint density at radius 3 is 2.73 bits per heavy atom. The van der Waals surface area contributed by atoms with Crippen molar-refractivity contribution in [3.8, 4) is 11.8 Å². The number of H-pyrrole nitrogens is 1. The van der Waals surface area contributed by atoms with E-state index in [1.165, 1.54) is 24.3 Å². The standard InChI is InChI=1S/C27H17F2N5O3/c1-14(26-32-27(35)37-33-26)25-19-4-2-15(8-16(19)13-36-23-10-17(28)3-5-20(23)25)9-22-21(12-30)31-24-11-18(29)6-7-34(22)24/h2-8,10-11H,9,13H2,1H3,(H,32,33,35)/b25-14-. The molecule has 5 aromatic rings. The maximum Gasteiger partial charge on any atom is 0.439 e. The van der Waals surface area contributed by atoms with E-state index in [0.29, 0.717) is 40.2 Å². The fraction of sp³-hybridized carbons (Fsp3) is 0.111. The molecule has 0 bridgehead atoms. The van der Waals surface area contributed by atoms with E-state index >= 15 is 0 Å². The molecule has 3 aromatic heterocycles. The van der Waals surface area contributed by atoms with Crippen LogP contribution in [0.4, 0.5) is 8.78 Å². The second-order valence-corrected chi connectivity index (χ2v) is 8.63. The van der Waals surface area contributed by atoms with Gasteiger partial charge in [0.25, 0.3) is 0 Å². The molecule has 0 fully saturated rings. The zero-order valence-electron chi connectivity index (χ0n) is 19.4. The van der Waals surface area contributed by atoms with Crippen LogP contribution in [0.2, 0.25) is 0 Å². The Labute approximate surface area is 208 Å². The van der Waals surface area contributed by atoms with Gasteiger partial charge in [-0.25, -0.2) is 18.6 Å². The summed E-state index contributed by atoms with van der Waals surface area (Å²) in [6.07, 6.45) is 1.91. The molecule has 0 atom stereocenters. The molecule has 0 unspecified atom stereocenters. The average molecular weight is 497 g/mol. The Morgan fingerprint density at radius 2 is 1.95 bits per heavy atom. The molecule has 182 valence electrons. The molecule has 4 heterocycles. The van der Waals surface area contributed by atoms with Gasteiger partial charge in [0.1, 0.15) is 35.7 Å². The molecule has 37 heavy (non-hydrogen) atoms. The Hall–Kier alpha value is -5.04. The summed E-state index contributed by atoms with van der Waals surface area (Å²) in [6.45, 7) is 1.95. The highest BCUT2D eigenvalue weighted by molar-refractivity contribution is 5.99. The van der Waals surface area contributed by atoms with Gasteiger partial charge in [-0.15, -0.1) is 0 Å². The lowest BCUT2D eigenvalue weighted by atomic mass is 9.89. The van der Waals surface area contributed by atoms with Gasteiger partial charge in [0.05, 0.1) is 5.69 Å². The van der Waals surface area contributed by atoms with Crippen LogP contribution in [-0.2, 0) is 13.0 Å². The number of allylic oxidation sites excluding steroid dienone is 1. The summed E-state index contributed by atoms with van der Waals surface area (Å²) < 4.78 is 40.2. The number of fused-ring (bicyclic) bond motifs is 3. The number of aromatic nitrogens is 4. The lowest BCUT2D eigenvalue weighted by Crippen LogP contribution is -2.02. The van der Waals surface area contributed by atoms with E-state index in [2.05, 4.69) is 21.2 Å². The summed E-state index contributed by atoms with van der Waals surface area (Å²) in [5.41, 5.74) is 5.66. The monoisotopic (exact) mass is 497 g/mol. The van der Waals surface area contributed by atoms with Crippen molar-refractivity contribution in [3.63, 3.8) is 0 Å². The molecule has 0 saturated heterocycles. The Balaban J connectivity index is 1.49. The van der Waals surface area contributed by atoms with E-state index in [-0.39, 0.29) is 18.1 Å². The second-order valence-electron chi connectivity index (χ2n) is 8.63. The van der Waals surface area contributed by atoms with Crippen LogP contribution in [0.1, 0.15) is 46.4 Å². The first-order chi connectivity index (χ1) is 17.9. The molecule has 8 nitrogen and oxygen atoms in total. The molecule has 0 aliphatic carbocycles. The molecular weight excluding hydrogens is 480 g/mol. The van der Waals surface area contributed by atoms with Gasteiger partial charge in [0, 0.05) is 35.9 Å². The van der Waals surface area contributed by atoms with E-state index in [4.69, 9.17) is 9.26 Å².